The Kier molecular flexibility index (Phi) is 5.03. The van der Waals surface area contributed by atoms with Crippen LogP contribution in [0.3, 0.4) is 0 Å². The summed E-state index contributed by atoms with van der Waals surface area (Å²) in [5, 5.41) is 12.3. The average molecular weight is 338 g/mol. The first-order chi connectivity index (χ1) is 12.0. The van der Waals surface area contributed by atoms with Gasteiger partial charge in [0.2, 0.25) is 0 Å². The number of hydrogen-bond acceptors (Lipinski definition) is 3. The van der Waals surface area contributed by atoms with Crippen LogP contribution in [0.4, 0.5) is 11.4 Å². The van der Waals surface area contributed by atoms with Gasteiger partial charge in [0, 0.05) is 24.3 Å². The normalized spacial score (nSPS) is 14.2. The molecule has 0 bridgehead atoms. The number of hydrogen-bond donors (Lipinski definition) is 2. The number of anilines is 2. The maximum absolute atomic E-state index is 12.4. The zero-order valence-corrected chi connectivity index (χ0v) is 14.3. The maximum atomic E-state index is 12.4. The van der Waals surface area contributed by atoms with Crippen LogP contribution in [0.2, 0.25) is 0 Å². The van der Waals surface area contributed by atoms with Crippen molar-refractivity contribution in [2.75, 3.05) is 23.3 Å². The van der Waals surface area contributed by atoms with Crippen molar-refractivity contribution in [3.63, 3.8) is 0 Å². The number of aryl methyl sites for hydroxylation is 1. The quantitative estimate of drug-likeness (QED) is 0.886. The molecular weight excluding hydrogens is 316 g/mol. The number of nitrogens with one attached hydrogen (secondary N) is 1. The van der Waals surface area contributed by atoms with Gasteiger partial charge in [-0.1, -0.05) is 17.7 Å². The predicted molar refractivity (Wildman–Crippen MR) is 98.6 cm³/mol. The molecule has 2 N–H and O–H groups in total. The fourth-order valence-corrected chi connectivity index (χ4v) is 3.15. The van der Waals surface area contributed by atoms with E-state index in [9.17, 15) is 14.7 Å². The van der Waals surface area contributed by atoms with Crippen molar-refractivity contribution in [1.29, 1.82) is 0 Å². The van der Waals surface area contributed by atoms with Crippen molar-refractivity contribution in [2.24, 2.45) is 0 Å². The van der Waals surface area contributed by atoms with Crippen LogP contribution in [0.1, 0.15) is 45.5 Å². The van der Waals surface area contributed by atoms with Gasteiger partial charge in [-0.15, -0.1) is 0 Å². The number of piperidine rings is 1. The summed E-state index contributed by atoms with van der Waals surface area (Å²) in [6.45, 7) is 3.79. The molecule has 0 radical (unpaired) electrons. The Balaban J connectivity index is 1.85. The zero-order valence-electron chi connectivity index (χ0n) is 14.3. The fourth-order valence-electron chi connectivity index (χ4n) is 3.15. The Hall–Kier alpha value is -2.82. The van der Waals surface area contributed by atoms with E-state index in [1.54, 1.807) is 24.3 Å². The van der Waals surface area contributed by atoms with E-state index >= 15 is 0 Å². The molecule has 1 saturated heterocycles. The van der Waals surface area contributed by atoms with E-state index in [-0.39, 0.29) is 11.5 Å². The van der Waals surface area contributed by atoms with Crippen LogP contribution >= 0.6 is 0 Å². The highest BCUT2D eigenvalue weighted by Crippen LogP contribution is 2.26. The lowest BCUT2D eigenvalue weighted by atomic mass is 10.1. The van der Waals surface area contributed by atoms with E-state index in [0.717, 1.165) is 37.2 Å². The number of carboxylic acids is 1. The van der Waals surface area contributed by atoms with Crippen molar-refractivity contribution in [1.82, 2.24) is 0 Å². The molecule has 0 atom stereocenters. The minimum Gasteiger partial charge on any atom is -0.478 e. The Morgan fingerprint density at radius 2 is 1.80 bits per heavy atom. The number of amides is 1. The number of carbonyl (C=O) groups is 2. The molecule has 2 aromatic rings. The monoisotopic (exact) mass is 338 g/mol. The highest BCUT2D eigenvalue weighted by molar-refractivity contribution is 6.08. The highest BCUT2D eigenvalue weighted by atomic mass is 16.4. The van der Waals surface area contributed by atoms with Crippen LogP contribution in [0.15, 0.2) is 42.5 Å². The molecule has 0 saturated carbocycles. The third kappa shape index (κ3) is 3.99. The van der Waals surface area contributed by atoms with Crippen molar-refractivity contribution in [2.45, 2.75) is 26.2 Å². The standard InChI is InChI=1S/C20H22N2O3/c1-14-6-5-7-15(12-14)19(23)21-18-9-8-16(13-17(18)20(24)25)22-10-3-2-4-11-22/h5-9,12-13H,2-4,10-11H2,1H3,(H,21,23)(H,24,25). The summed E-state index contributed by atoms with van der Waals surface area (Å²) in [7, 11) is 0. The molecule has 3 rings (SSSR count). The molecule has 130 valence electrons. The second kappa shape index (κ2) is 7.38. The van der Waals surface area contributed by atoms with Gasteiger partial charge in [0.25, 0.3) is 5.91 Å². The average Bonchev–Trinajstić information content (AvgIpc) is 2.62. The molecule has 0 aliphatic carbocycles. The van der Waals surface area contributed by atoms with Gasteiger partial charge in [-0.3, -0.25) is 4.79 Å². The van der Waals surface area contributed by atoms with Crippen molar-refractivity contribution in [3.8, 4) is 0 Å². The first kappa shape index (κ1) is 17.0. The Morgan fingerprint density at radius 3 is 2.48 bits per heavy atom. The second-order valence-corrected chi connectivity index (χ2v) is 6.41. The predicted octanol–water partition coefficient (Wildman–Crippen LogP) is 3.94. The molecule has 0 spiro atoms. The maximum Gasteiger partial charge on any atom is 0.337 e. The van der Waals surface area contributed by atoms with Crippen molar-refractivity contribution in [3.05, 3.63) is 59.2 Å². The number of carboxylic acid groups (broad SMARTS) is 1. The Morgan fingerprint density at radius 1 is 1.04 bits per heavy atom. The topological polar surface area (TPSA) is 69.6 Å². The number of nitrogens with zero attached hydrogens (tertiary/aromatic N) is 1. The van der Waals surface area contributed by atoms with Crippen LogP contribution in [-0.2, 0) is 0 Å². The zero-order chi connectivity index (χ0) is 17.8. The van der Waals surface area contributed by atoms with E-state index in [2.05, 4.69) is 10.2 Å². The van der Waals surface area contributed by atoms with Crippen LogP contribution in [-0.4, -0.2) is 30.1 Å². The molecule has 1 aliphatic rings. The Bertz CT molecular complexity index is 795. The van der Waals surface area contributed by atoms with E-state index in [1.807, 2.05) is 25.1 Å². The molecule has 1 aliphatic heterocycles. The second-order valence-electron chi connectivity index (χ2n) is 6.41. The van der Waals surface area contributed by atoms with E-state index < -0.39 is 5.97 Å². The lowest BCUT2D eigenvalue weighted by molar-refractivity contribution is 0.0698. The van der Waals surface area contributed by atoms with Gasteiger partial charge in [0.05, 0.1) is 11.3 Å². The number of carbonyl (C=O) groups excluding carboxylic acids is 1. The third-order valence-electron chi connectivity index (χ3n) is 4.48. The van der Waals surface area contributed by atoms with Crippen molar-refractivity contribution < 1.29 is 14.7 Å². The molecule has 5 heteroatoms. The molecule has 0 aromatic heterocycles. The van der Waals surface area contributed by atoms with Crippen LogP contribution < -0.4 is 10.2 Å². The van der Waals surface area contributed by atoms with Gasteiger partial charge in [-0.2, -0.15) is 0 Å². The van der Waals surface area contributed by atoms with Crippen LogP contribution in [0.25, 0.3) is 0 Å². The number of benzene rings is 2. The SMILES string of the molecule is Cc1cccc(C(=O)Nc2ccc(N3CCCCC3)cc2C(=O)O)c1. The third-order valence-corrected chi connectivity index (χ3v) is 4.48. The smallest absolute Gasteiger partial charge is 0.337 e. The van der Waals surface area contributed by atoms with Gasteiger partial charge < -0.3 is 15.3 Å². The first-order valence-corrected chi connectivity index (χ1v) is 8.55. The lowest BCUT2D eigenvalue weighted by Crippen LogP contribution is -2.29. The lowest BCUT2D eigenvalue weighted by Gasteiger charge is -2.29. The number of rotatable bonds is 4. The fraction of sp³-hybridized carbons (Fsp3) is 0.300. The molecule has 25 heavy (non-hydrogen) atoms. The van der Waals surface area contributed by atoms with Gasteiger partial charge in [-0.05, 0) is 56.5 Å². The minimum atomic E-state index is -1.04. The van der Waals surface area contributed by atoms with E-state index in [4.69, 9.17) is 0 Å². The minimum absolute atomic E-state index is 0.115. The molecule has 2 aromatic carbocycles. The number of aromatic carboxylic acids is 1. The molecular formula is C20H22N2O3. The van der Waals surface area contributed by atoms with Gasteiger partial charge >= 0.3 is 5.97 Å². The van der Waals surface area contributed by atoms with Gasteiger partial charge in [0.15, 0.2) is 0 Å². The van der Waals surface area contributed by atoms with E-state index in [0.29, 0.717) is 11.3 Å². The molecule has 0 unspecified atom stereocenters. The summed E-state index contributed by atoms with van der Waals surface area (Å²) < 4.78 is 0. The molecule has 1 amide bonds. The summed E-state index contributed by atoms with van der Waals surface area (Å²) in [6, 6.07) is 12.4. The summed E-state index contributed by atoms with van der Waals surface area (Å²) in [5.74, 6) is -1.35. The van der Waals surface area contributed by atoms with E-state index in [1.165, 1.54) is 6.42 Å². The summed E-state index contributed by atoms with van der Waals surface area (Å²) in [5.41, 5.74) is 2.82. The summed E-state index contributed by atoms with van der Waals surface area (Å²) >= 11 is 0. The summed E-state index contributed by atoms with van der Waals surface area (Å²) in [4.78, 5) is 26.3. The highest BCUT2D eigenvalue weighted by Gasteiger charge is 2.18. The molecule has 1 fully saturated rings. The largest absolute Gasteiger partial charge is 0.478 e. The first-order valence-electron chi connectivity index (χ1n) is 8.55. The molecule has 1 heterocycles. The van der Waals surface area contributed by atoms with Crippen LogP contribution in [0, 0.1) is 6.92 Å². The van der Waals surface area contributed by atoms with Crippen LogP contribution in [0.5, 0.6) is 0 Å². The van der Waals surface area contributed by atoms with Crippen molar-refractivity contribution >= 4 is 23.3 Å². The Labute approximate surface area is 147 Å². The molecule has 5 nitrogen and oxygen atoms in total. The van der Waals surface area contributed by atoms with Gasteiger partial charge in [-0.25, -0.2) is 4.79 Å². The summed E-state index contributed by atoms with van der Waals surface area (Å²) in [6.07, 6.45) is 3.45. The van der Waals surface area contributed by atoms with Gasteiger partial charge in [0.1, 0.15) is 0 Å².